The molecule has 6 rings (SSSR count). The Hall–Kier alpha value is -3.56. The predicted octanol–water partition coefficient (Wildman–Crippen LogP) is 5.24. The van der Waals surface area contributed by atoms with Gasteiger partial charge in [0.2, 0.25) is 0 Å². The third-order valence-corrected chi connectivity index (χ3v) is 6.65. The molecule has 0 radical (unpaired) electrons. The zero-order valence-electron chi connectivity index (χ0n) is 17.2. The van der Waals surface area contributed by atoms with E-state index >= 15 is 0 Å². The van der Waals surface area contributed by atoms with Gasteiger partial charge in [0.05, 0.1) is 33.0 Å². The maximum Gasteiger partial charge on any atom is 0.161 e. The van der Waals surface area contributed by atoms with Gasteiger partial charge >= 0.3 is 0 Å². The van der Waals surface area contributed by atoms with Crippen molar-refractivity contribution in [3.05, 3.63) is 52.9 Å². The minimum Gasteiger partial charge on any atom is -0.335 e. The van der Waals surface area contributed by atoms with Gasteiger partial charge in [0.25, 0.3) is 0 Å². The van der Waals surface area contributed by atoms with Gasteiger partial charge in [0.1, 0.15) is 11.0 Å². The lowest BCUT2D eigenvalue weighted by Crippen LogP contribution is -1.90. The van der Waals surface area contributed by atoms with Crippen molar-refractivity contribution in [1.82, 2.24) is 39.9 Å². The minimum atomic E-state index is 0.634. The summed E-state index contributed by atoms with van der Waals surface area (Å²) in [5.41, 5.74) is 7.73. The molecule has 6 aromatic heterocycles. The molecule has 0 aromatic carbocycles. The minimum absolute atomic E-state index is 0.634. The fraction of sp³-hybridized carbons (Fsp3) is 0.136. The Balaban J connectivity index is 1.51. The van der Waals surface area contributed by atoms with Crippen molar-refractivity contribution in [2.24, 2.45) is 7.05 Å². The van der Waals surface area contributed by atoms with Gasteiger partial charge in [-0.25, -0.2) is 9.97 Å². The summed E-state index contributed by atoms with van der Waals surface area (Å²) in [5, 5.41) is 12.1. The number of nitrogens with one attached hydrogen (secondary N) is 2. The molecule has 0 saturated carbocycles. The lowest BCUT2D eigenvalue weighted by atomic mass is 10.1. The molecule has 0 aliphatic heterocycles. The molecule has 0 aliphatic carbocycles. The van der Waals surface area contributed by atoms with Gasteiger partial charge in [-0.2, -0.15) is 10.2 Å². The SMILES string of the molecule is CCc1nn(C)cc1-c1ccc2[nH]nc(-c3nc4c(-c5ccc(Cl)s5)cncc4[nH]3)c2n1. The number of H-pyrrole nitrogens is 2. The summed E-state index contributed by atoms with van der Waals surface area (Å²) in [7, 11) is 1.92. The Labute approximate surface area is 191 Å². The Morgan fingerprint density at radius 3 is 2.75 bits per heavy atom. The maximum atomic E-state index is 6.14. The van der Waals surface area contributed by atoms with Crippen molar-refractivity contribution >= 4 is 45.0 Å². The van der Waals surface area contributed by atoms with Gasteiger partial charge < -0.3 is 4.98 Å². The van der Waals surface area contributed by atoms with Crippen molar-refractivity contribution in [3.8, 4) is 33.2 Å². The van der Waals surface area contributed by atoms with Crippen LogP contribution in [0.3, 0.4) is 0 Å². The molecule has 0 unspecified atom stereocenters. The number of aryl methyl sites for hydroxylation is 2. The third kappa shape index (κ3) is 3.01. The number of hydrogen-bond donors (Lipinski definition) is 2. The molecule has 0 atom stereocenters. The number of aromatic nitrogens is 8. The van der Waals surface area contributed by atoms with Gasteiger partial charge in [0.15, 0.2) is 11.5 Å². The van der Waals surface area contributed by atoms with Crippen LogP contribution in [0.2, 0.25) is 4.34 Å². The lowest BCUT2D eigenvalue weighted by molar-refractivity contribution is 0.746. The van der Waals surface area contributed by atoms with Crippen LogP contribution in [0.4, 0.5) is 0 Å². The van der Waals surface area contributed by atoms with E-state index in [4.69, 9.17) is 21.6 Å². The summed E-state index contributed by atoms with van der Waals surface area (Å²) in [5.74, 6) is 0.634. The van der Waals surface area contributed by atoms with E-state index in [0.29, 0.717) is 11.5 Å². The van der Waals surface area contributed by atoms with Crippen LogP contribution in [0.1, 0.15) is 12.6 Å². The molecule has 2 N–H and O–H groups in total. The molecular weight excluding hydrogens is 444 g/mol. The number of pyridine rings is 2. The summed E-state index contributed by atoms with van der Waals surface area (Å²) < 4.78 is 2.55. The summed E-state index contributed by atoms with van der Waals surface area (Å²) in [6, 6.07) is 7.84. The number of rotatable bonds is 4. The van der Waals surface area contributed by atoms with E-state index in [1.165, 1.54) is 11.3 Å². The maximum absolute atomic E-state index is 6.14. The molecule has 6 aromatic rings. The first-order valence-electron chi connectivity index (χ1n) is 10.1. The van der Waals surface area contributed by atoms with Crippen LogP contribution < -0.4 is 0 Å². The molecule has 8 nitrogen and oxygen atoms in total. The van der Waals surface area contributed by atoms with Crippen molar-refractivity contribution in [3.63, 3.8) is 0 Å². The zero-order chi connectivity index (χ0) is 21.8. The van der Waals surface area contributed by atoms with Crippen LogP contribution in [-0.4, -0.2) is 39.9 Å². The van der Waals surface area contributed by atoms with Crippen LogP contribution >= 0.6 is 22.9 Å². The van der Waals surface area contributed by atoms with Crippen LogP contribution in [0.5, 0.6) is 0 Å². The summed E-state index contributed by atoms with van der Waals surface area (Å²) in [6.45, 7) is 2.09. The van der Waals surface area contributed by atoms with Gasteiger partial charge in [-0.1, -0.05) is 18.5 Å². The van der Waals surface area contributed by atoms with Crippen molar-refractivity contribution < 1.29 is 0 Å². The summed E-state index contributed by atoms with van der Waals surface area (Å²) in [4.78, 5) is 18.5. The highest BCUT2D eigenvalue weighted by Gasteiger charge is 2.18. The van der Waals surface area contributed by atoms with Gasteiger partial charge in [-0.3, -0.25) is 14.8 Å². The first-order chi connectivity index (χ1) is 15.6. The number of halogens is 1. The van der Waals surface area contributed by atoms with Crippen molar-refractivity contribution in [2.75, 3.05) is 0 Å². The van der Waals surface area contributed by atoms with E-state index in [1.54, 1.807) is 6.20 Å². The number of thiophene rings is 1. The number of imidazole rings is 1. The molecule has 32 heavy (non-hydrogen) atoms. The van der Waals surface area contributed by atoms with E-state index in [9.17, 15) is 0 Å². The van der Waals surface area contributed by atoms with Crippen LogP contribution in [0.25, 0.3) is 55.3 Å². The molecule has 0 saturated heterocycles. The first-order valence-corrected chi connectivity index (χ1v) is 11.3. The summed E-state index contributed by atoms with van der Waals surface area (Å²) >= 11 is 7.64. The fourth-order valence-electron chi connectivity index (χ4n) is 3.91. The average molecular weight is 461 g/mol. The monoisotopic (exact) mass is 460 g/mol. The molecule has 0 bridgehead atoms. The predicted molar refractivity (Wildman–Crippen MR) is 127 cm³/mol. The molecule has 0 aliphatic rings. The van der Waals surface area contributed by atoms with Crippen LogP contribution in [0, 0.1) is 0 Å². The highest BCUT2D eigenvalue weighted by molar-refractivity contribution is 7.19. The number of nitrogens with zero attached hydrogens (tertiary/aromatic N) is 6. The molecule has 158 valence electrons. The zero-order valence-corrected chi connectivity index (χ0v) is 18.8. The van der Waals surface area contributed by atoms with E-state index < -0.39 is 0 Å². The molecule has 0 amide bonds. The van der Waals surface area contributed by atoms with Gasteiger partial charge in [-0.05, 0) is 30.7 Å². The topological polar surface area (TPSA) is 101 Å². The van der Waals surface area contributed by atoms with Crippen LogP contribution in [0.15, 0.2) is 42.9 Å². The van der Waals surface area contributed by atoms with Crippen molar-refractivity contribution in [1.29, 1.82) is 0 Å². The highest BCUT2D eigenvalue weighted by Crippen LogP contribution is 2.35. The third-order valence-electron chi connectivity index (χ3n) is 5.38. The Bertz CT molecular complexity index is 1610. The molecule has 10 heteroatoms. The Kier molecular flexibility index (Phi) is 4.34. The van der Waals surface area contributed by atoms with Crippen molar-refractivity contribution in [2.45, 2.75) is 13.3 Å². The van der Waals surface area contributed by atoms with Gasteiger partial charge in [-0.15, -0.1) is 11.3 Å². The number of aromatic amines is 2. The molecule has 0 fully saturated rings. The summed E-state index contributed by atoms with van der Waals surface area (Å²) in [6.07, 6.45) is 6.41. The molecular formula is C22H17ClN8S. The second kappa shape index (κ2) is 7.25. The molecule has 6 heterocycles. The Morgan fingerprint density at radius 2 is 1.94 bits per heavy atom. The largest absolute Gasteiger partial charge is 0.335 e. The lowest BCUT2D eigenvalue weighted by Gasteiger charge is -2.00. The number of hydrogen-bond acceptors (Lipinski definition) is 6. The smallest absolute Gasteiger partial charge is 0.161 e. The standard InChI is InChI=1S/C22H17ClN8S/c1-3-13-12(10-31(2)30-13)14-4-5-15-20(25-14)21(29-28-15)22-26-16-9-24-8-11(19(16)27-22)17-6-7-18(23)32-17/h4-10H,3H2,1-2H3,(H,26,27)(H,28,29). The second-order valence-corrected chi connectivity index (χ2v) is 9.17. The normalized spacial score (nSPS) is 11.7. The first kappa shape index (κ1) is 19.1. The highest BCUT2D eigenvalue weighted by atomic mass is 35.5. The van der Waals surface area contributed by atoms with Crippen LogP contribution in [-0.2, 0) is 13.5 Å². The van der Waals surface area contributed by atoms with E-state index in [-0.39, 0.29) is 0 Å². The number of fused-ring (bicyclic) bond motifs is 2. The quantitative estimate of drug-likeness (QED) is 0.374. The second-order valence-electron chi connectivity index (χ2n) is 7.45. The fourth-order valence-corrected chi connectivity index (χ4v) is 4.96. The van der Waals surface area contributed by atoms with E-state index in [2.05, 4.69) is 32.2 Å². The van der Waals surface area contributed by atoms with E-state index in [1.807, 2.05) is 48.4 Å². The Morgan fingerprint density at radius 1 is 1.03 bits per heavy atom. The van der Waals surface area contributed by atoms with E-state index in [0.717, 1.165) is 60.2 Å². The average Bonchev–Trinajstić information content (AvgIpc) is 3.57. The van der Waals surface area contributed by atoms with Gasteiger partial charge in [0, 0.05) is 35.4 Å². The molecule has 0 spiro atoms.